The first-order valence-corrected chi connectivity index (χ1v) is 7.75. The number of nitrogens with one attached hydrogen (secondary N) is 1. The maximum absolute atomic E-state index is 13.0. The van der Waals surface area contributed by atoms with Gasteiger partial charge in [-0.05, 0) is 36.8 Å². The summed E-state index contributed by atoms with van der Waals surface area (Å²) in [6.45, 7) is 2.55. The fraction of sp³-hybridized carbons (Fsp3) is 0.278. The van der Waals surface area contributed by atoms with Crippen molar-refractivity contribution in [2.45, 2.75) is 13.1 Å². The Morgan fingerprint density at radius 2 is 1.96 bits per heavy atom. The van der Waals surface area contributed by atoms with Crippen LogP contribution in [0.5, 0.6) is 11.5 Å². The van der Waals surface area contributed by atoms with E-state index < -0.39 is 11.7 Å². The number of benzene rings is 2. The summed E-state index contributed by atoms with van der Waals surface area (Å²) in [7, 11) is 1.67. The molecule has 25 heavy (non-hydrogen) atoms. The number of halogens is 3. The third kappa shape index (κ3) is 3.40. The second kappa shape index (κ2) is 6.31. The van der Waals surface area contributed by atoms with E-state index in [1.807, 2.05) is 0 Å². The van der Waals surface area contributed by atoms with Crippen molar-refractivity contribution >= 4 is 11.6 Å². The van der Waals surface area contributed by atoms with E-state index in [-0.39, 0.29) is 17.4 Å². The number of hydrogen-bond acceptors (Lipinski definition) is 3. The van der Waals surface area contributed by atoms with Crippen LogP contribution >= 0.6 is 0 Å². The lowest BCUT2D eigenvalue weighted by atomic mass is 10.1. The van der Waals surface area contributed by atoms with Crippen molar-refractivity contribution in [3.63, 3.8) is 0 Å². The Hall–Kier alpha value is -2.70. The van der Waals surface area contributed by atoms with Gasteiger partial charge < -0.3 is 15.0 Å². The maximum Gasteiger partial charge on any atom is 0.416 e. The number of nitrogens with zero attached hydrogens (tertiary/aromatic N) is 1. The Balaban J connectivity index is 2.15. The fourth-order valence-corrected chi connectivity index (χ4v) is 2.66. The third-order valence-electron chi connectivity index (χ3n) is 4.07. The molecule has 0 atom stereocenters. The van der Waals surface area contributed by atoms with E-state index in [1.165, 1.54) is 6.07 Å². The van der Waals surface area contributed by atoms with Crippen LogP contribution in [0.3, 0.4) is 0 Å². The zero-order valence-corrected chi connectivity index (χ0v) is 13.8. The van der Waals surface area contributed by atoms with Gasteiger partial charge in [-0.25, -0.2) is 0 Å². The van der Waals surface area contributed by atoms with Gasteiger partial charge in [-0.15, -0.1) is 0 Å². The summed E-state index contributed by atoms with van der Waals surface area (Å²) in [5, 5.41) is 3.03. The first kappa shape index (κ1) is 17.1. The van der Waals surface area contributed by atoms with E-state index in [1.54, 1.807) is 37.1 Å². The molecule has 1 N–H and O–H groups in total. The van der Waals surface area contributed by atoms with Crippen molar-refractivity contribution in [2.24, 2.45) is 0 Å². The van der Waals surface area contributed by atoms with E-state index in [0.29, 0.717) is 29.9 Å². The van der Waals surface area contributed by atoms with Gasteiger partial charge in [0.25, 0.3) is 5.91 Å². The van der Waals surface area contributed by atoms with Crippen LogP contribution < -0.4 is 10.1 Å². The molecule has 2 aromatic carbocycles. The van der Waals surface area contributed by atoms with Crippen molar-refractivity contribution in [1.82, 2.24) is 4.90 Å². The fourth-order valence-electron chi connectivity index (χ4n) is 2.66. The molecular formula is C18H17F3N2O2. The van der Waals surface area contributed by atoms with Gasteiger partial charge in [-0.2, -0.15) is 13.2 Å². The Morgan fingerprint density at radius 3 is 2.68 bits per heavy atom. The van der Waals surface area contributed by atoms with Gasteiger partial charge in [-0.1, -0.05) is 12.1 Å². The van der Waals surface area contributed by atoms with Crippen LogP contribution in [0.4, 0.5) is 18.9 Å². The highest BCUT2D eigenvalue weighted by Crippen LogP contribution is 2.39. The summed E-state index contributed by atoms with van der Waals surface area (Å²) < 4.78 is 44.9. The largest absolute Gasteiger partial charge is 0.454 e. The number of fused-ring (bicyclic) bond motifs is 2. The summed E-state index contributed by atoms with van der Waals surface area (Å²) >= 11 is 0. The van der Waals surface area contributed by atoms with Crippen LogP contribution in [0.2, 0.25) is 0 Å². The first-order chi connectivity index (χ1) is 11.8. The first-order valence-electron chi connectivity index (χ1n) is 7.75. The van der Waals surface area contributed by atoms with Crippen LogP contribution in [0.15, 0.2) is 36.4 Å². The molecule has 1 amide bonds. The molecule has 1 heterocycles. The number of para-hydroxylation sites is 1. The third-order valence-corrected chi connectivity index (χ3v) is 4.07. The van der Waals surface area contributed by atoms with Gasteiger partial charge >= 0.3 is 6.18 Å². The second-order valence-electron chi connectivity index (χ2n) is 5.92. The lowest BCUT2D eigenvalue weighted by Gasteiger charge is -2.24. The summed E-state index contributed by atoms with van der Waals surface area (Å²) in [4.78, 5) is 14.1. The van der Waals surface area contributed by atoms with E-state index in [2.05, 4.69) is 5.32 Å². The Bertz CT molecular complexity index is 818. The van der Waals surface area contributed by atoms with Crippen LogP contribution in [0.25, 0.3) is 0 Å². The summed E-state index contributed by atoms with van der Waals surface area (Å²) in [5.41, 5.74) is 0.643. The average molecular weight is 350 g/mol. The van der Waals surface area contributed by atoms with Gasteiger partial charge in [0, 0.05) is 20.1 Å². The van der Waals surface area contributed by atoms with Crippen LogP contribution in [-0.4, -0.2) is 30.9 Å². The van der Waals surface area contributed by atoms with Crippen molar-refractivity contribution in [3.05, 3.63) is 53.1 Å². The van der Waals surface area contributed by atoms with E-state index >= 15 is 0 Å². The molecule has 2 aromatic rings. The molecule has 0 fully saturated rings. The molecule has 132 valence electrons. The lowest BCUT2D eigenvalue weighted by molar-refractivity contribution is -0.137. The zero-order chi connectivity index (χ0) is 18.2. The molecule has 1 aliphatic rings. The van der Waals surface area contributed by atoms with Gasteiger partial charge in [0.1, 0.15) is 5.75 Å². The normalized spacial score (nSPS) is 14.9. The van der Waals surface area contributed by atoms with Gasteiger partial charge in [0.15, 0.2) is 5.75 Å². The Morgan fingerprint density at radius 1 is 1.20 bits per heavy atom. The number of rotatable bonds is 0. The summed E-state index contributed by atoms with van der Waals surface area (Å²) in [6.07, 6.45) is -4.47. The van der Waals surface area contributed by atoms with Gasteiger partial charge in [0.05, 0.1) is 16.8 Å². The van der Waals surface area contributed by atoms with Crippen molar-refractivity contribution in [2.75, 3.05) is 25.5 Å². The molecule has 0 unspecified atom stereocenters. The topological polar surface area (TPSA) is 41.6 Å². The molecule has 0 saturated heterocycles. The number of aryl methyl sites for hydroxylation is 1. The van der Waals surface area contributed by atoms with Crippen LogP contribution in [0.1, 0.15) is 21.5 Å². The number of likely N-dealkylation sites (N-methyl/N-ethyl adjacent to an activating group) is 1. The highest BCUT2D eigenvalue weighted by molar-refractivity contribution is 5.97. The molecule has 0 bridgehead atoms. The molecular weight excluding hydrogens is 333 g/mol. The predicted molar refractivity (Wildman–Crippen MR) is 88.1 cm³/mol. The standard InChI is InChI=1S/C18H17F3N2O2/c1-11-4-3-5-13-16(11)25-15-10-12(18(19,20)21)6-7-14(15)22-8-9-23(2)17(13)24/h3-7,10,22H,8-9H2,1-2H3. The predicted octanol–water partition coefficient (Wildman–Crippen LogP) is 4.30. The number of ether oxygens (including phenoxy) is 1. The van der Waals surface area contributed by atoms with Crippen molar-refractivity contribution < 1.29 is 22.7 Å². The van der Waals surface area contributed by atoms with E-state index in [4.69, 9.17) is 4.74 Å². The minimum Gasteiger partial charge on any atom is -0.454 e. The molecule has 1 aliphatic heterocycles. The molecule has 0 aromatic heterocycles. The molecule has 7 heteroatoms. The lowest BCUT2D eigenvalue weighted by Crippen LogP contribution is -2.32. The Labute approximate surface area is 143 Å². The molecule has 0 radical (unpaired) electrons. The minimum atomic E-state index is -4.47. The second-order valence-corrected chi connectivity index (χ2v) is 5.92. The van der Waals surface area contributed by atoms with E-state index in [9.17, 15) is 18.0 Å². The van der Waals surface area contributed by atoms with Gasteiger partial charge in [0.2, 0.25) is 0 Å². The minimum absolute atomic E-state index is 0.0442. The van der Waals surface area contributed by atoms with Crippen molar-refractivity contribution in [3.8, 4) is 11.5 Å². The number of amides is 1. The molecule has 0 saturated carbocycles. The molecule has 4 nitrogen and oxygen atoms in total. The zero-order valence-electron chi connectivity index (χ0n) is 13.8. The van der Waals surface area contributed by atoms with Crippen LogP contribution in [-0.2, 0) is 6.18 Å². The quantitative estimate of drug-likeness (QED) is 0.770. The highest BCUT2D eigenvalue weighted by Gasteiger charge is 2.32. The monoisotopic (exact) mass is 350 g/mol. The van der Waals surface area contributed by atoms with Crippen molar-refractivity contribution in [1.29, 1.82) is 0 Å². The SMILES string of the molecule is Cc1cccc2c1Oc1cc(C(F)(F)F)ccc1NCCN(C)C2=O. The Kier molecular flexibility index (Phi) is 4.32. The average Bonchev–Trinajstić information content (AvgIpc) is 2.55. The maximum atomic E-state index is 13.0. The summed E-state index contributed by atoms with van der Waals surface area (Å²) in [5.74, 6) is 0.0716. The molecule has 0 aliphatic carbocycles. The number of carbonyl (C=O) groups is 1. The number of alkyl halides is 3. The number of carbonyl (C=O) groups excluding carboxylic acids is 1. The number of anilines is 1. The van der Waals surface area contributed by atoms with Gasteiger partial charge in [-0.3, -0.25) is 4.79 Å². The van der Waals surface area contributed by atoms with E-state index in [0.717, 1.165) is 12.1 Å². The molecule has 3 rings (SSSR count). The van der Waals surface area contributed by atoms with Crippen LogP contribution in [0, 0.1) is 6.92 Å². The smallest absolute Gasteiger partial charge is 0.416 e. The summed E-state index contributed by atoms with van der Waals surface area (Å²) in [6, 6.07) is 8.39. The highest BCUT2D eigenvalue weighted by atomic mass is 19.4. The molecule has 0 spiro atoms. The number of hydrogen-bond donors (Lipinski definition) is 1.